The number of imide groups is 1. The first-order chi connectivity index (χ1) is 20.7. The normalized spacial score (nSPS) is 18.8. The van der Waals surface area contributed by atoms with Crippen LogP contribution in [0.25, 0.3) is 0 Å². The van der Waals surface area contributed by atoms with Gasteiger partial charge in [0.25, 0.3) is 0 Å². The van der Waals surface area contributed by atoms with E-state index in [4.69, 9.17) is 10.7 Å². The van der Waals surface area contributed by atoms with E-state index < -0.39 is 35.8 Å². The maximum absolute atomic E-state index is 14.1. The monoisotopic (exact) mass is 595 g/mol. The van der Waals surface area contributed by atoms with Crippen molar-refractivity contribution in [2.45, 2.75) is 135 Å². The number of hydrogen-bond acceptors (Lipinski definition) is 6. The zero-order valence-corrected chi connectivity index (χ0v) is 26.8. The fraction of sp³-hybridized carbons (Fsp3) is 0.714. The second-order valence-corrected chi connectivity index (χ2v) is 13.3. The molecular formula is C35H55N4O4-. The fourth-order valence-electron chi connectivity index (χ4n) is 6.66. The van der Waals surface area contributed by atoms with Crippen LogP contribution < -0.4 is 5.73 Å². The van der Waals surface area contributed by atoms with Crippen molar-refractivity contribution < 1.29 is 14.4 Å². The lowest BCUT2D eigenvalue weighted by atomic mass is 9.84. The highest BCUT2D eigenvalue weighted by atomic mass is 16.5. The minimum absolute atomic E-state index is 0.0279. The van der Waals surface area contributed by atoms with Gasteiger partial charge in [-0.2, -0.15) is 0 Å². The van der Waals surface area contributed by atoms with Crippen LogP contribution >= 0.6 is 0 Å². The number of hydrogen-bond donors (Lipinski definition) is 1. The Labute approximate surface area is 259 Å². The van der Waals surface area contributed by atoms with Gasteiger partial charge in [0.15, 0.2) is 0 Å². The molecule has 0 bridgehead atoms. The highest BCUT2D eigenvalue weighted by molar-refractivity contribution is 6.02. The van der Waals surface area contributed by atoms with Crippen molar-refractivity contribution in [3.8, 4) is 0 Å². The molecule has 43 heavy (non-hydrogen) atoms. The molecule has 8 heteroatoms. The van der Waals surface area contributed by atoms with Gasteiger partial charge in [-0.25, -0.2) is 0 Å². The quantitative estimate of drug-likeness (QED) is 0.185. The molecule has 0 radical (unpaired) electrons. The molecule has 1 aromatic rings. The minimum atomic E-state index is -1.19. The van der Waals surface area contributed by atoms with E-state index in [-0.39, 0.29) is 25.2 Å². The molecule has 0 spiro atoms. The number of nitrogens with two attached hydrogens (primary N) is 1. The molecule has 2 N–H and O–H groups in total. The molecule has 0 unspecified atom stereocenters. The van der Waals surface area contributed by atoms with Crippen LogP contribution in [-0.4, -0.2) is 58.6 Å². The van der Waals surface area contributed by atoms with Gasteiger partial charge in [-0.15, -0.1) is 0 Å². The number of nitrogens with zero attached hydrogens (tertiary/aromatic N) is 3. The predicted octanol–water partition coefficient (Wildman–Crippen LogP) is 6.44. The van der Waals surface area contributed by atoms with E-state index in [0.717, 1.165) is 49.0 Å². The van der Waals surface area contributed by atoms with Gasteiger partial charge in [-0.05, 0) is 55.4 Å². The van der Waals surface area contributed by atoms with Gasteiger partial charge in [0, 0.05) is 19.2 Å². The number of aliphatic imine (C=N–C) groups is 1. The lowest BCUT2D eigenvalue weighted by Crippen LogP contribution is -2.58. The average Bonchev–Trinajstić information content (AvgIpc) is 3.00. The van der Waals surface area contributed by atoms with Crippen LogP contribution in [0.1, 0.15) is 116 Å². The van der Waals surface area contributed by atoms with Gasteiger partial charge < -0.3 is 16.0 Å². The summed E-state index contributed by atoms with van der Waals surface area (Å²) in [6.07, 6.45) is 14.9. The third kappa shape index (κ3) is 11.1. The molecule has 2 fully saturated rings. The second-order valence-electron chi connectivity index (χ2n) is 13.3. The van der Waals surface area contributed by atoms with Gasteiger partial charge in [0.2, 0.25) is 17.7 Å². The van der Waals surface area contributed by atoms with Gasteiger partial charge in [0.1, 0.15) is 6.04 Å². The summed E-state index contributed by atoms with van der Waals surface area (Å²) in [7, 11) is 0. The number of carbonyl (C=O) groups is 3. The number of benzene rings is 1. The van der Waals surface area contributed by atoms with E-state index in [1.54, 1.807) is 6.21 Å². The zero-order valence-electron chi connectivity index (χ0n) is 26.8. The van der Waals surface area contributed by atoms with E-state index in [2.05, 4.69) is 0 Å². The Morgan fingerprint density at radius 1 is 0.953 bits per heavy atom. The van der Waals surface area contributed by atoms with E-state index >= 15 is 0 Å². The van der Waals surface area contributed by atoms with E-state index in [9.17, 15) is 19.6 Å². The van der Waals surface area contributed by atoms with Crippen LogP contribution in [0.3, 0.4) is 0 Å². The first-order valence-electron chi connectivity index (χ1n) is 16.9. The summed E-state index contributed by atoms with van der Waals surface area (Å²) in [5.74, 6) is -0.961. The average molecular weight is 596 g/mol. The van der Waals surface area contributed by atoms with Gasteiger partial charge in [-0.1, -0.05) is 109 Å². The summed E-state index contributed by atoms with van der Waals surface area (Å²) in [6.45, 7) is 6.35. The van der Waals surface area contributed by atoms with Crippen LogP contribution in [0.15, 0.2) is 35.3 Å². The molecular weight excluding hydrogens is 540 g/mol. The molecule has 0 saturated heterocycles. The lowest BCUT2D eigenvalue weighted by molar-refractivity contribution is -0.156. The Hall–Kier alpha value is -2.58. The molecule has 2 saturated carbocycles. The topological polar surface area (TPSA) is 119 Å². The van der Waals surface area contributed by atoms with Gasteiger partial charge in [-0.3, -0.25) is 24.3 Å². The Balaban J connectivity index is 1.85. The summed E-state index contributed by atoms with van der Waals surface area (Å²) < 4.78 is 0. The molecule has 8 nitrogen and oxygen atoms in total. The van der Waals surface area contributed by atoms with Crippen molar-refractivity contribution >= 4 is 23.9 Å². The SMILES string of the molecule is CCC[C@@H](C(=O)N([O-])[C@H](C=NCC1CCCCC1)CC1CCCCC1)N(C(=O)CC(C)C)C(=O)[C@@H](N)Cc1ccccc1. The minimum Gasteiger partial charge on any atom is -0.756 e. The van der Waals surface area contributed by atoms with Crippen molar-refractivity contribution in [2.24, 2.45) is 28.5 Å². The summed E-state index contributed by atoms with van der Waals surface area (Å²) in [6, 6.07) is 6.47. The van der Waals surface area contributed by atoms with E-state index in [1.165, 1.54) is 25.7 Å². The molecule has 3 atom stereocenters. The molecule has 2 aliphatic carbocycles. The first kappa shape index (κ1) is 34.9. The standard InChI is InChI=1S/C35H55N4O4/c1-4-14-32(38(33(40)21-26(2)3)34(41)31(36)23-28-17-10-6-11-18-28)35(42)39(43)30(22-27-15-8-5-9-16-27)25-37-24-29-19-12-7-13-20-29/h6,10-11,17-18,25-27,29-32H,4-5,7-9,12-16,19-24,36H2,1-3H3/q-1/t30-,31-,32-/m0/s1. The number of hydroxylamine groups is 2. The molecule has 3 amide bonds. The summed E-state index contributed by atoms with van der Waals surface area (Å²) >= 11 is 0. The maximum atomic E-state index is 14.1. The molecule has 0 heterocycles. The molecule has 2 aliphatic rings. The Kier molecular flexibility index (Phi) is 14.8. The maximum Gasteiger partial charge on any atom is 0.247 e. The third-order valence-corrected chi connectivity index (χ3v) is 9.05. The Morgan fingerprint density at radius 3 is 2.14 bits per heavy atom. The summed E-state index contributed by atoms with van der Waals surface area (Å²) in [5, 5.41) is 14.5. The van der Waals surface area contributed by atoms with Crippen LogP contribution in [0.2, 0.25) is 0 Å². The third-order valence-electron chi connectivity index (χ3n) is 9.05. The Bertz CT molecular complexity index is 1020. The summed E-state index contributed by atoms with van der Waals surface area (Å²) in [4.78, 5) is 47.2. The van der Waals surface area contributed by atoms with Crippen LogP contribution in [0.5, 0.6) is 0 Å². The summed E-state index contributed by atoms with van der Waals surface area (Å²) in [5.41, 5.74) is 7.25. The van der Waals surface area contributed by atoms with Crippen molar-refractivity contribution in [3.63, 3.8) is 0 Å². The van der Waals surface area contributed by atoms with Crippen LogP contribution in [0.4, 0.5) is 0 Å². The molecule has 3 rings (SSSR count). The number of carbonyl (C=O) groups excluding carboxylic acids is 3. The van der Waals surface area contributed by atoms with Crippen LogP contribution in [0, 0.1) is 23.0 Å². The zero-order chi connectivity index (χ0) is 31.2. The van der Waals surface area contributed by atoms with E-state index in [1.807, 2.05) is 51.1 Å². The van der Waals surface area contributed by atoms with Gasteiger partial charge >= 0.3 is 0 Å². The van der Waals surface area contributed by atoms with Crippen molar-refractivity contribution in [1.29, 1.82) is 0 Å². The Morgan fingerprint density at radius 2 is 1.56 bits per heavy atom. The highest BCUT2D eigenvalue weighted by Crippen LogP contribution is 2.29. The lowest BCUT2D eigenvalue weighted by Gasteiger charge is -2.42. The molecule has 240 valence electrons. The highest BCUT2D eigenvalue weighted by Gasteiger charge is 2.38. The van der Waals surface area contributed by atoms with Crippen molar-refractivity contribution in [2.75, 3.05) is 6.54 Å². The number of amides is 3. The predicted molar refractivity (Wildman–Crippen MR) is 173 cm³/mol. The van der Waals surface area contributed by atoms with Gasteiger partial charge in [0.05, 0.1) is 12.1 Å². The largest absolute Gasteiger partial charge is 0.756 e. The first-order valence-corrected chi connectivity index (χ1v) is 16.9. The number of rotatable bonds is 15. The van der Waals surface area contributed by atoms with Crippen molar-refractivity contribution in [1.82, 2.24) is 9.96 Å². The fourth-order valence-corrected chi connectivity index (χ4v) is 6.66. The molecule has 0 aliphatic heterocycles. The van der Waals surface area contributed by atoms with Crippen molar-refractivity contribution in [3.05, 3.63) is 41.1 Å². The second kappa shape index (κ2) is 18.3. The molecule has 1 aromatic carbocycles. The smallest absolute Gasteiger partial charge is 0.247 e. The van der Waals surface area contributed by atoms with Crippen LogP contribution in [-0.2, 0) is 20.8 Å². The van der Waals surface area contributed by atoms with E-state index in [0.29, 0.717) is 36.3 Å². The molecule has 0 aromatic heterocycles.